The Kier molecular flexibility index (Phi) is 5.70. The molecule has 0 unspecified atom stereocenters. The quantitative estimate of drug-likeness (QED) is 0.867. The predicted octanol–water partition coefficient (Wildman–Crippen LogP) is 2.34. The Morgan fingerprint density at radius 1 is 1.55 bits per heavy atom. The van der Waals surface area contributed by atoms with Gasteiger partial charge in [-0.3, -0.25) is 14.7 Å². The van der Waals surface area contributed by atoms with Gasteiger partial charge >= 0.3 is 0 Å². The first-order valence-electron chi connectivity index (χ1n) is 7.84. The van der Waals surface area contributed by atoms with Crippen LogP contribution in [0, 0.1) is 11.8 Å². The number of aliphatic hydroxyl groups is 1. The van der Waals surface area contributed by atoms with E-state index in [1.165, 1.54) is 25.3 Å². The minimum absolute atomic E-state index is 0.0505. The number of hydrogen-bond donors (Lipinski definition) is 1. The van der Waals surface area contributed by atoms with Gasteiger partial charge in [-0.15, -0.1) is 0 Å². The maximum Gasteiger partial charge on any atom is 0.133 e. The minimum Gasteiger partial charge on any atom is -0.377 e. The van der Waals surface area contributed by atoms with Gasteiger partial charge in [0.05, 0.1) is 6.54 Å². The molecule has 0 radical (unpaired) electrons. The van der Waals surface area contributed by atoms with Crippen molar-refractivity contribution in [3.8, 4) is 11.8 Å². The molecule has 1 N–H and O–H groups in total. The molecule has 118 valence electrons. The van der Waals surface area contributed by atoms with Crippen molar-refractivity contribution in [2.24, 2.45) is 0 Å². The van der Waals surface area contributed by atoms with Gasteiger partial charge in [0.15, 0.2) is 0 Å². The summed E-state index contributed by atoms with van der Waals surface area (Å²) in [5.74, 6) is 5.84. The van der Waals surface area contributed by atoms with Gasteiger partial charge in [-0.25, -0.2) is 0 Å². The molecule has 0 bridgehead atoms. The molecule has 0 amide bonds. The number of Topliss-reactive ketones (excluding diaryl/α,β-unsaturated/α-hetero) is 1. The third kappa shape index (κ3) is 4.94. The number of piperidine rings is 1. The summed E-state index contributed by atoms with van der Waals surface area (Å²) in [6, 6.07) is 4.41. The summed E-state index contributed by atoms with van der Waals surface area (Å²) in [6.07, 6.45) is 7.27. The van der Waals surface area contributed by atoms with Gasteiger partial charge < -0.3 is 5.11 Å². The van der Waals surface area contributed by atoms with Gasteiger partial charge in [0.2, 0.25) is 0 Å². The molecule has 0 aromatic carbocycles. The van der Waals surface area contributed by atoms with Gasteiger partial charge in [-0.05, 0) is 44.9 Å². The highest BCUT2D eigenvalue weighted by Gasteiger charge is 2.24. The first kappa shape index (κ1) is 16.7. The SMILES string of the molecule is CC(=O)C[C@@](C)(O)C#CCN1CCCC[C@@H]1c1cccnc1. The van der Waals surface area contributed by atoms with Gasteiger partial charge in [-0.1, -0.05) is 24.3 Å². The van der Waals surface area contributed by atoms with Crippen LogP contribution < -0.4 is 0 Å². The van der Waals surface area contributed by atoms with Crippen molar-refractivity contribution < 1.29 is 9.90 Å². The topological polar surface area (TPSA) is 53.4 Å². The van der Waals surface area contributed by atoms with E-state index in [1.54, 1.807) is 13.1 Å². The lowest BCUT2D eigenvalue weighted by Gasteiger charge is -2.34. The smallest absolute Gasteiger partial charge is 0.133 e. The van der Waals surface area contributed by atoms with Crippen molar-refractivity contribution in [2.75, 3.05) is 13.1 Å². The Balaban J connectivity index is 2.03. The highest BCUT2D eigenvalue weighted by molar-refractivity contribution is 5.77. The monoisotopic (exact) mass is 300 g/mol. The second-order valence-electron chi connectivity index (χ2n) is 6.22. The summed E-state index contributed by atoms with van der Waals surface area (Å²) in [7, 11) is 0. The average molecular weight is 300 g/mol. The molecule has 1 aromatic rings. The van der Waals surface area contributed by atoms with Crippen LogP contribution in [0.4, 0.5) is 0 Å². The number of carbonyl (C=O) groups is 1. The van der Waals surface area contributed by atoms with E-state index in [0.717, 1.165) is 13.0 Å². The first-order chi connectivity index (χ1) is 10.5. The molecule has 22 heavy (non-hydrogen) atoms. The van der Waals surface area contributed by atoms with Gasteiger partial charge in [-0.2, -0.15) is 0 Å². The molecule has 4 nitrogen and oxygen atoms in total. The Hall–Kier alpha value is -1.70. The van der Waals surface area contributed by atoms with Crippen molar-refractivity contribution in [1.29, 1.82) is 0 Å². The van der Waals surface area contributed by atoms with E-state index in [0.29, 0.717) is 12.6 Å². The van der Waals surface area contributed by atoms with Crippen LogP contribution >= 0.6 is 0 Å². The molecule has 1 aromatic heterocycles. The maximum absolute atomic E-state index is 11.1. The van der Waals surface area contributed by atoms with E-state index >= 15 is 0 Å². The minimum atomic E-state index is -1.23. The van der Waals surface area contributed by atoms with Crippen LogP contribution in [0.5, 0.6) is 0 Å². The maximum atomic E-state index is 11.1. The number of nitrogens with zero attached hydrogens (tertiary/aromatic N) is 2. The van der Waals surface area contributed by atoms with E-state index in [9.17, 15) is 9.90 Å². The Morgan fingerprint density at radius 2 is 2.36 bits per heavy atom. The second kappa shape index (κ2) is 7.53. The number of hydrogen-bond acceptors (Lipinski definition) is 4. The number of aromatic nitrogens is 1. The molecule has 1 aliphatic rings. The zero-order valence-electron chi connectivity index (χ0n) is 13.4. The van der Waals surface area contributed by atoms with E-state index in [-0.39, 0.29) is 12.2 Å². The molecule has 0 spiro atoms. The van der Waals surface area contributed by atoms with Crippen LogP contribution in [0.1, 0.15) is 51.1 Å². The lowest BCUT2D eigenvalue weighted by Crippen LogP contribution is -2.34. The molecule has 1 aliphatic heterocycles. The van der Waals surface area contributed by atoms with E-state index in [1.807, 2.05) is 12.3 Å². The molecule has 2 heterocycles. The standard InChI is InChI=1S/C18H24N2O2/c1-15(21)13-18(2,22)9-6-12-20-11-4-3-8-17(20)16-7-5-10-19-14-16/h5,7,10,14,17,22H,3-4,8,11-13H2,1-2H3/t17-,18+/m1/s1. The molecule has 0 aliphatic carbocycles. The first-order valence-corrected chi connectivity index (χ1v) is 7.84. The van der Waals surface area contributed by atoms with Crippen LogP contribution in [-0.2, 0) is 4.79 Å². The molecular weight excluding hydrogens is 276 g/mol. The Bertz CT molecular complexity index is 557. The lowest BCUT2D eigenvalue weighted by atomic mass is 9.96. The predicted molar refractivity (Wildman–Crippen MR) is 86.1 cm³/mol. The van der Waals surface area contributed by atoms with Crippen LogP contribution in [0.15, 0.2) is 24.5 Å². The molecule has 1 fully saturated rings. The Labute approximate surface area is 132 Å². The zero-order valence-corrected chi connectivity index (χ0v) is 13.4. The summed E-state index contributed by atoms with van der Waals surface area (Å²) >= 11 is 0. The highest BCUT2D eigenvalue weighted by atomic mass is 16.3. The molecule has 2 rings (SSSR count). The fraction of sp³-hybridized carbons (Fsp3) is 0.556. The van der Waals surface area contributed by atoms with Gasteiger partial charge in [0, 0.05) is 24.9 Å². The fourth-order valence-electron chi connectivity index (χ4n) is 2.99. The largest absolute Gasteiger partial charge is 0.377 e. The lowest BCUT2D eigenvalue weighted by molar-refractivity contribution is -0.119. The van der Waals surface area contributed by atoms with Crippen LogP contribution in [0.2, 0.25) is 0 Å². The van der Waals surface area contributed by atoms with Crippen LogP contribution in [-0.4, -0.2) is 39.5 Å². The number of pyridine rings is 1. The summed E-state index contributed by atoms with van der Waals surface area (Å²) in [4.78, 5) is 17.7. The van der Waals surface area contributed by atoms with Crippen molar-refractivity contribution in [2.45, 2.75) is 51.2 Å². The van der Waals surface area contributed by atoms with Crippen molar-refractivity contribution in [3.63, 3.8) is 0 Å². The second-order valence-corrected chi connectivity index (χ2v) is 6.22. The van der Waals surface area contributed by atoms with Gasteiger partial charge in [0.25, 0.3) is 0 Å². The van der Waals surface area contributed by atoms with Crippen molar-refractivity contribution in [3.05, 3.63) is 30.1 Å². The number of carbonyl (C=O) groups excluding carboxylic acids is 1. The van der Waals surface area contributed by atoms with Crippen molar-refractivity contribution >= 4 is 5.78 Å². The van der Waals surface area contributed by atoms with Crippen LogP contribution in [0.25, 0.3) is 0 Å². The average Bonchev–Trinajstić information content (AvgIpc) is 2.47. The fourth-order valence-corrected chi connectivity index (χ4v) is 2.99. The van der Waals surface area contributed by atoms with Crippen LogP contribution in [0.3, 0.4) is 0 Å². The summed E-state index contributed by atoms with van der Waals surface area (Å²) in [5, 5.41) is 10.1. The normalized spacial score (nSPS) is 21.5. The zero-order chi connectivity index (χ0) is 16.0. The molecule has 4 heteroatoms. The Morgan fingerprint density at radius 3 is 3.05 bits per heavy atom. The molecule has 2 atom stereocenters. The summed E-state index contributed by atoms with van der Waals surface area (Å²) in [5.41, 5.74) is -0.00898. The summed E-state index contributed by atoms with van der Waals surface area (Å²) in [6.45, 7) is 4.67. The molecule has 1 saturated heterocycles. The van der Waals surface area contributed by atoms with E-state index in [4.69, 9.17) is 0 Å². The molecular formula is C18H24N2O2. The number of rotatable bonds is 4. The number of likely N-dealkylation sites (tertiary alicyclic amines) is 1. The van der Waals surface area contributed by atoms with Crippen molar-refractivity contribution in [1.82, 2.24) is 9.88 Å². The third-order valence-electron chi connectivity index (χ3n) is 3.92. The van der Waals surface area contributed by atoms with E-state index < -0.39 is 5.60 Å². The molecule has 0 saturated carbocycles. The third-order valence-corrected chi connectivity index (χ3v) is 3.92. The number of ketones is 1. The highest BCUT2D eigenvalue weighted by Crippen LogP contribution is 2.29. The summed E-state index contributed by atoms with van der Waals surface area (Å²) < 4.78 is 0. The van der Waals surface area contributed by atoms with E-state index in [2.05, 4.69) is 27.8 Å². The van der Waals surface area contributed by atoms with Gasteiger partial charge in [0.1, 0.15) is 11.4 Å².